The molecule has 346 valence electrons. The van der Waals surface area contributed by atoms with E-state index in [1.54, 1.807) is 0 Å². The lowest BCUT2D eigenvalue weighted by Gasteiger charge is -2.42. The van der Waals surface area contributed by atoms with Crippen LogP contribution in [-0.2, 0) is 16.2 Å². The molecule has 3 aromatic heterocycles. The van der Waals surface area contributed by atoms with Crippen LogP contribution in [0.2, 0.25) is 0 Å². The van der Waals surface area contributed by atoms with Crippen LogP contribution in [0.25, 0.3) is 102 Å². The second kappa shape index (κ2) is 14.5. The summed E-state index contributed by atoms with van der Waals surface area (Å²) in [5.74, 6) is 0. The van der Waals surface area contributed by atoms with Crippen LogP contribution < -0.4 is 15.7 Å². The Kier molecular flexibility index (Phi) is 8.56. The molecule has 2 nitrogen and oxygen atoms in total. The van der Waals surface area contributed by atoms with Gasteiger partial charge >= 0.3 is 6.85 Å². The zero-order valence-corrected chi connectivity index (χ0v) is 43.7. The number of aromatic nitrogens is 1. The molecule has 0 saturated carbocycles. The van der Waals surface area contributed by atoms with Gasteiger partial charge in [-0.25, -0.2) is 0 Å². The number of anilines is 2. The maximum Gasteiger partial charge on any atom is 0.333 e. The molecule has 0 amide bonds. The van der Waals surface area contributed by atoms with E-state index in [-0.39, 0.29) is 23.1 Å². The number of hydrogen-bond donors (Lipinski definition) is 0. The SMILES string of the molecule is CC(C)(C)c1ccc(N2B3c4cc5sc(-c6ccccc6)c(-c6ccccc6)c5cc4-n4c5cc6sc7ccccc7c6cc5c5ccc(c3c54)-c3cc4c(cc32)C(C)(C)c2ccc(C(C)(C)C)cc2-4)cc1. The lowest BCUT2D eigenvalue weighted by atomic mass is 9.44. The summed E-state index contributed by atoms with van der Waals surface area (Å²) in [5, 5.41) is 6.58. The van der Waals surface area contributed by atoms with Crippen molar-refractivity contribution >= 4 is 104 Å². The molecule has 15 rings (SSSR count). The molecule has 0 radical (unpaired) electrons. The first-order chi connectivity index (χ1) is 34.7. The summed E-state index contributed by atoms with van der Waals surface area (Å²) in [7, 11) is 0. The van der Waals surface area contributed by atoms with Gasteiger partial charge in [0.25, 0.3) is 0 Å². The predicted octanol–water partition coefficient (Wildman–Crippen LogP) is 17.8. The Balaban J connectivity index is 1.10. The minimum atomic E-state index is -0.180. The zero-order valence-electron chi connectivity index (χ0n) is 42.0. The third kappa shape index (κ3) is 5.78. The van der Waals surface area contributed by atoms with Gasteiger partial charge in [0.15, 0.2) is 0 Å². The van der Waals surface area contributed by atoms with Gasteiger partial charge in [-0.05, 0) is 126 Å². The van der Waals surface area contributed by atoms with E-state index < -0.39 is 0 Å². The average molecular weight is 961 g/mol. The standard InChI is InChI=1S/C67H53BN2S2/c1-65(2,3)40-23-26-42(27-24-40)70-56-35-53-47(46-31-41(66(4,5)6)25-30-52(46)67(53,7)8)32-48(56)44-28-29-45-49-33-50-43-21-15-16-22-58(43)71-60(50)37-55(49)69-57-34-51-59(36-54(57)68(70)62(44)63(45)69)72-64(39-19-13-10-14-20-39)61(51)38-17-11-9-12-18-38/h9-37H,1-8H3. The Morgan fingerprint density at radius 3 is 1.89 bits per heavy atom. The molecule has 5 heterocycles. The number of nitrogens with zero attached hydrogens (tertiary/aromatic N) is 2. The quantitative estimate of drug-likeness (QED) is 0.160. The van der Waals surface area contributed by atoms with Crippen LogP contribution in [0.4, 0.5) is 11.4 Å². The van der Waals surface area contributed by atoms with Crippen molar-refractivity contribution in [3.8, 4) is 49.5 Å². The minimum Gasteiger partial charge on any atom is -0.376 e. The summed E-state index contributed by atoms with van der Waals surface area (Å²) >= 11 is 3.85. The number of benzene rings is 9. The van der Waals surface area contributed by atoms with Crippen molar-refractivity contribution in [3.05, 3.63) is 198 Å². The maximum absolute atomic E-state index is 2.74. The predicted molar refractivity (Wildman–Crippen MR) is 314 cm³/mol. The summed E-state index contributed by atoms with van der Waals surface area (Å²) in [6, 6.07) is 68.3. The molecule has 0 N–H and O–H groups in total. The van der Waals surface area contributed by atoms with Crippen LogP contribution in [0.1, 0.15) is 77.6 Å². The molecule has 2 aliphatic heterocycles. The maximum atomic E-state index is 2.74. The van der Waals surface area contributed by atoms with Crippen molar-refractivity contribution in [3.63, 3.8) is 0 Å². The molecule has 72 heavy (non-hydrogen) atoms. The second-order valence-corrected chi connectivity index (χ2v) is 25.4. The molecule has 12 aromatic rings. The molecular weight excluding hydrogens is 908 g/mol. The number of thiophene rings is 2. The molecule has 9 aromatic carbocycles. The van der Waals surface area contributed by atoms with Crippen LogP contribution in [0.5, 0.6) is 0 Å². The largest absolute Gasteiger partial charge is 0.376 e. The Hall–Kier alpha value is -7.18. The highest BCUT2D eigenvalue weighted by Crippen LogP contribution is 2.56. The fourth-order valence-electron chi connectivity index (χ4n) is 13.0. The molecule has 5 heteroatoms. The van der Waals surface area contributed by atoms with E-state index >= 15 is 0 Å². The van der Waals surface area contributed by atoms with Gasteiger partial charge in [-0.15, -0.1) is 22.7 Å². The topological polar surface area (TPSA) is 8.17 Å². The number of fused-ring (bicyclic) bond motifs is 15. The van der Waals surface area contributed by atoms with Crippen molar-refractivity contribution in [1.82, 2.24) is 4.57 Å². The van der Waals surface area contributed by atoms with Crippen molar-refractivity contribution in [2.45, 2.75) is 71.6 Å². The highest BCUT2D eigenvalue weighted by Gasteiger charge is 2.46. The van der Waals surface area contributed by atoms with Gasteiger partial charge in [-0.1, -0.05) is 177 Å². The normalized spacial score (nSPS) is 14.4. The van der Waals surface area contributed by atoms with Crippen molar-refractivity contribution in [2.75, 3.05) is 4.81 Å². The van der Waals surface area contributed by atoms with E-state index in [1.807, 2.05) is 22.7 Å². The lowest BCUT2D eigenvalue weighted by Crippen LogP contribution is -2.60. The summed E-state index contributed by atoms with van der Waals surface area (Å²) < 4.78 is 6.64. The van der Waals surface area contributed by atoms with Gasteiger partial charge in [0.05, 0.1) is 11.0 Å². The third-order valence-corrected chi connectivity index (χ3v) is 19.0. The van der Waals surface area contributed by atoms with Gasteiger partial charge in [0.1, 0.15) is 0 Å². The van der Waals surface area contributed by atoms with Crippen molar-refractivity contribution in [1.29, 1.82) is 0 Å². The molecule has 0 spiro atoms. The smallest absolute Gasteiger partial charge is 0.333 e. The first-order valence-electron chi connectivity index (χ1n) is 25.6. The minimum absolute atomic E-state index is 0.0226. The van der Waals surface area contributed by atoms with E-state index in [2.05, 4.69) is 241 Å². The number of hydrogen-bond acceptors (Lipinski definition) is 3. The fraction of sp³-hybridized carbons (Fsp3) is 0.164. The van der Waals surface area contributed by atoms with Crippen molar-refractivity contribution < 1.29 is 0 Å². The Morgan fingerprint density at radius 1 is 0.458 bits per heavy atom. The summed E-state index contributed by atoms with van der Waals surface area (Å²) in [4.78, 5) is 4.05. The zero-order chi connectivity index (χ0) is 48.7. The van der Waals surface area contributed by atoms with E-state index in [0.29, 0.717) is 0 Å². The first-order valence-corrected chi connectivity index (χ1v) is 27.2. The van der Waals surface area contributed by atoms with Crippen LogP contribution in [0, 0.1) is 0 Å². The van der Waals surface area contributed by atoms with Gasteiger partial charge in [0, 0.05) is 79.5 Å². The highest BCUT2D eigenvalue weighted by molar-refractivity contribution is 7.26. The Bertz CT molecular complexity index is 4310. The van der Waals surface area contributed by atoms with Gasteiger partial charge in [-0.2, -0.15) is 0 Å². The summed E-state index contributed by atoms with van der Waals surface area (Å²) in [6.45, 7) is 18.8. The van der Waals surface area contributed by atoms with E-state index in [0.717, 1.165) is 0 Å². The summed E-state index contributed by atoms with van der Waals surface area (Å²) in [6.07, 6.45) is 0. The van der Waals surface area contributed by atoms with Gasteiger partial charge < -0.3 is 9.38 Å². The van der Waals surface area contributed by atoms with Crippen LogP contribution >= 0.6 is 22.7 Å². The molecule has 0 bridgehead atoms. The second-order valence-electron chi connectivity index (χ2n) is 23.3. The summed E-state index contributed by atoms with van der Waals surface area (Å²) in [5.41, 5.74) is 23.6. The lowest BCUT2D eigenvalue weighted by molar-refractivity contribution is 0.589. The average Bonchev–Trinajstić information content (AvgIpc) is 4.10. The molecule has 0 fully saturated rings. The van der Waals surface area contributed by atoms with Crippen molar-refractivity contribution in [2.24, 2.45) is 0 Å². The Labute approximate surface area is 429 Å². The molecular formula is C67H53BN2S2. The molecule has 0 saturated heterocycles. The first kappa shape index (κ1) is 42.5. The highest BCUT2D eigenvalue weighted by atomic mass is 32.1. The van der Waals surface area contributed by atoms with E-state index in [4.69, 9.17) is 0 Å². The van der Waals surface area contributed by atoms with Crippen LogP contribution in [0.3, 0.4) is 0 Å². The third-order valence-electron chi connectivity index (χ3n) is 16.7. The monoisotopic (exact) mass is 960 g/mol. The molecule has 0 atom stereocenters. The fourth-order valence-corrected chi connectivity index (χ4v) is 15.4. The number of rotatable bonds is 3. The van der Waals surface area contributed by atoms with Gasteiger partial charge in [-0.3, -0.25) is 0 Å². The molecule has 0 unspecified atom stereocenters. The Morgan fingerprint density at radius 2 is 1.14 bits per heavy atom. The van der Waals surface area contributed by atoms with Gasteiger partial charge in [0.2, 0.25) is 0 Å². The van der Waals surface area contributed by atoms with E-state index in [1.165, 1.54) is 146 Å². The molecule has 3 aliphatic rings. The van der Waals surface area contributed by atoms with Crippen LogP contribution in [-0.4, -0.2) is 11.4 Å². The van der Waals surface area contributed by atoms with E-state index in [9.17, 15) is 0 Å². The molecule has 1 aliphatic carbocycles. The van der Waals surface area contributed by atoms with Crippen LogP contribution in [0.15, 0.2) is 176 Å².